The zero-order chi connectivity index (χ0) is 24.2. The number of rotatable bonds is 7. The molecule has 1 saturated carbocycles. The highest BCUT2D eigenvalue weighted by Gasteiger charge is 2.33. The molecule has 3 aromatic rings. The lowest BCUT2D eigenvalue weighted by Gasteiger charge is -2.36. The number of hydrogen-bond acceptors (Lipinski definition) is 6. The summed E-state index contributed by atoms with van der Waals surface area (Å²) in [4.78, 5) is 31.0. The van der Waals surface area contributed by atoms with E-state index in [0.717, 1.165) is 12.8 Å². The number of thioether (sulfide) groups is 1. The Balaban J connectivity index is 1.61. The SMILES string of the molecule is COc1cccc(-n2c(SCC(=O)OC3CC(C)CCC3C(C)C)nc3ccccc3c2=O)c1. The van der Waals surface area contributed by atoms with Gasteiger partial charge in [0.2, 0.25) is 0 Å². The summed E-state index contributed by atoms with van der Waals surface area (Å²) in [6.45, 7) is 6.61. The minimum absolute atomic E-state index is 0.0537. The zero-order valence-corrected chi connectivity index (χ0v) is 21.0. The van der Waals surface area contributed by atoms with Gasteiger partial charge in [-0.1, -0.05) is 57.2 Å². The van der Waals surface area contributed by atoms with Gasteiger partial charge >= 0.3 is 5.97 Å². The van der Waals surface area contributed by atoms with E-state index in [2.05, 4.69) is 20.8 Å². The average molecular weight is 481 g/mol. The van der Waals surface area contributed by atoms with Gasteiger partial charge in [-0.05, 0) is 54.9 Å². The third kappa shape index (κ3) is 5.30. The maximum atomic E-state index is 13.4. The van der Waals surface area contributed by atoms with Crippen LogP contribution in [0, 0.1) is 17.8 Å². The quantitative estimate of drug-likeness (QED) is 0.253. The van der Waals surface area contributed by atoms with Crippen molar-refractivity contribution < 1.29 is 14.3 Å². The Labute approximate surface area is 204 Å². The Morgan fingerprint density at radius 3 is 2.74 bits per heavy atom. The number of nitrogens with zero attached hydrogens (tertiary/aromatic N) is 2. The molecule has 2 aromatic carbocycles. The molecular formula is C27H32N2O4S. The lowest BCUT2D eigenvalue weighted by Crippen LogP contribution is -2.36. The molecule has 3 atom stereocenters. The minimum atomic E-state index is -0.269. The smallest absolute Gasteiger partial charge is 0.316 e. The van der Waals surface area contributed by atoms with Crippen molar-refractivity contribution in [1.82, 2.24) is 9.55 Å². The number of hydrogen-bond donors (Lipinski definition) is 0. The molecule has 34 heavy (non-hydrogen) atoms. The highest BCUT2D eigenvalue weighted by atomic mass is 32.2. The summed E-state index contributed by atoms with van der Waals surface area (Å²) in [6.07, 6.45) is 3.12. The van der Waals surface area contributed by atoms with Crippen LogP contribution in [0.2, 0.25) is 0 Å². The summed E-state index contributed by atoms with van der Waals surface area (Å²) in [5.74, 6) is 1.87. The number of esters is 1. The van der Waals surface area contributed by atoms with Crippen molar-refractivity contribution in [3.63, 3.8) is 0 Å². The van der Waals surface area contributed by atoms with E-state index in [1.165, 1.54) is 18.2 Å². The molecule has 0 N–H and O–H groups in total. The standard InChI is InChI=1S/C27H32N2O4S/c1-17(2)21-13-12-18(3)14-24(21)33-25(30)16-34-27-28-23-11-6-5-10-22(23)26(31)29(27)19-8-7-9-20(15-19)32-4/h5-11,15,17-18,21,24H,12-14,16H2,1-4H3. The molecule has 0 amide bonds. The van der Waals surface area contributed by atoms with Gasteiger partial charge in [-0.2, -0.15) is 0 Å². The number of benzene rings is 2. The first-order valence-corrected chi connectivity index (χ1v) is 12.8. The van der Waals surface area contributed by atoms with E-state index in [-0.39, 0.29) is 23.4 Å². The van der Waals surface area contributed by atoms with E-state index in [1.54, 1.807) is 23.8 Å². The van der Waals surface area contributed by atoms with Crippen molar-refractivity contribution in [2.75, 3.05) is 12.9 Å². The Morgan fingerprint density at radius 2 is 1.97 bits per heavy atom. The van der Waals surface area contributed by atoms with Crippen LogP contribution in [0.1, 0.15) is 40.0 Å². The van der Waals surface area contributed by atoms with Crippen molar-refractivity contribution in [1.29, 1.82) is 0 Å². The molecule has 7 heteroatoms. The van der Waals surface area contributed by atoms with Crippen LogP contribution >= 0.6 is 11.8 Å². The van der Waals surface area contributed by atoms with Gasteiger partial charge < -0.3 is 9.47 Å². The maximum absolute atomic E-state index is 13.4. The molecule has 1 aliphatic carbocycles. The van der Waals surface area contributed by atoms with Crippen LogP contribution in [0.4, 0.5) is 0 Å². The highest BCUT2D eigenvalue weighted by Crippen LogP contribution is 2.35. The largest absolute Gasteiger partial charge is 0.497 e. The van der Waals surface area contributed by atoms with Crippen LogP contribution in [0.15, 0.2) is 58.5 Å². The van der Waals surface area contributed by atoms with Crippen LogP contribution in [0.3, 0.4) is 0 Å². The molecule has 0 bridgehead atoms. The molecule has 1 fully saturated rings. The van der Waals surface area contributed by atoms with E-state index < -0.39 is 0 Å². The second kappa shape index (κ2) is 10.6. The van der Waals surface area contributed by atoms with Crippen LogP contribution < -0.4 is 10.3 Å². The molecule has 4 rings (SSSR count). The van der Waals surface area contributed by atoms with Gasteiger partial charge in [0, 0.05) is 6.07 Å². The van der Waals surface area contributed by atoms with E-state index in [1.807, 2.05) is 36.4 Å². The predicted octanol–water partition coefficient (Wildman–Crippen LogP) is 5.49. The van der Waals surface area contributed by atoms with Crippen molar-refractivity contribution in [2.45, 2.75) is 51.3 Å². The predicted molar refractivity (Wildman–Crippen MR) is 136 cm³/mol. The van der Waals surface area contributed by atoms with Gasteiger partial charge in [0.1, 0.15) is 11.9 Å². The third-order valence-corrected chi connectivity index (χ3v) is 7.53. The first kappa shape index (κ1) is 24.3. The zero-order valence-electron chi connectivity index (χ0n) is 20.2. The summed E-state index contributed by atoms with van der Waals surface area (Å²) < 4.78 is 12.9. The number of aromatic nitrogens is 2. The topological polar surface area (TPSA) is 70.4 Å². The van der Waals surface area contributed by atoms with E-state index in [9.17, 15) is 9.59 Å². The average Bonchev–Trinajstić information content (AvgIpc) is 2.82. The Morgan fingerprint density at radius 1 is 1.18 bits per heavy atom. The van der Waals surface area contributed by atoms with Crippen molar-refractivity contribution in [3.05, 3.63) is 58.9 Å². The van der Waals surface area contributed by atoms with Crippen LogP contribution in [-0.2, 0) is 9.53 Å². The van der Waals surface area contributed by atoms with Gasteiger partial charge in [0.05, 0.1) is 29.5 Å². The number of ether oxygens (including phenoxy) is 2. The Bertz CT molecular complexity index is 1220. The normalized spacial score (nSPS) is 20.4. The number of para-hydroxylation sites is 1. The molecule has 0 aliphatic heterocycles. The molecule has 0 saturated heterocycles. The fraction of sp³-hybridized carbons (Fsp3) is 0.444. The second-order valence-corrected chi connectivity index (χ2v) is 10.3. The van der Waals surface area contributed by atoms with Crippen LogP contribution in [0.25, 0.3) is 16.6 Å². The summed E-state index contributed by atoms with van der Waals surface area (Å²) >= 11 is 1.23. The van der Waals surface area contributed by atoms with Gasteiger partial charge in [-0.25, -0.2) is 4.98 Å². The van der Waals surface area contributed by atoms with Gasteiger partial charge in [0.25, 0.3) is 5.56 Å². The Kier molecular flexibility index (Phi) is 7.61. The van der Waals surface area contributed by atoms with Gasteiger partial charge in [0.15, 0.2) is 5.16 Å². The third-order valence-electron chi connectivity index (χ3n) is 6.62. The van der Waals surface area contributed by atoms with Crippen molar-refractivity contribution in [2.24, 2.45) is 17.8 Å². The number of carbonyl (C=O) groups excluding carboxylic acids is 1. The summed E-state index contributed by atoms with van der Waals surface area (Å²) in [5, 5.41) is 0.972. The molecule has 0 spiro atoms. The fourth-order valence-corrected chi connectivity index (χ4v) is 5.56. The summed E-state index contributed by atoms with van der Waals surface area (Å²) in [7, 11) is 1.59. The first-order chi connectivity index (χ1) is 16.4. The lowest BCUT2D eigenvalue weighted by molar-refractivity contribution is -0.152. The van der Waals surface area contributed by atoms with Crippen LogP contribution in [-0.4, -0.2) is 34.5 Å². The summed E-state index contributed by atoms with van der Waals surface area (Å²) in [6, 6.07) is 14.5. The van der Waals surface area contributed by atoms with Crippen molar-refractivity contribution in [3.8, 4) is 11.4 Å². The van der Waals surface area contributed by atoms with Crippen LogP contribution in [0.5, 0.6) is 5.75 Å². The van der Waals surface area contributed by atoms with Gasteiger partial charge in [-0.15, -0.1) is 0 Å². The molecule has 1 aliphatic rings. The number of carbonyl (C=O) groups is 1. The second-order valence-electron chi connectivity index (χ2n) is 9.40. The highest BCUT2D eigenvalue weighted by molar-refractivity contribution is 7.99. The van der Waals surface area contributed by atoms with Gasteiger partial charge in [-0.3, -0.25) is 14.2 Å². The molecule has 0 radical (unpaired) electrons. The molecule has 3 unspecified atom stereocenters. The van der Waals surface area contributed by atoms with Crippen molar-refractivity contribution >= 4 is 28.6 Å². The molecular weight excluding hydrogens is 448 g/mol. The first-order valence-electron chi connectivity index (χ1n) is 11.9. The molecule has 6 nitrogen and oxygen atoms in total. The maximum Gasteiger partial charge on any atom is 0.316 e. The van der Waals surface area contributed by atoms with E-state index >= 15 is 0 Å². The summed E-state index contributed by atoms with van der Waals surface area (Å²) in [5.41, 5.74) is 1.05. The van der Waals surface area contributed by atoms with E-state index in [4.69, 9.17) is 14.5 Å². The minimum Gasteiger partial charge on any atom is -0.497 e. The molecule has 1 aromatic heterocycles. The fourth-order valence-electron chi connectivity index (χ4n) is 4.76. The molecule has 1 heterocycles. The monoisotopic (exact) mass is 480 g/mol. The van der Waals surface area contributed by atoms with E-state index in [0.29, 0.717) is 45.2 Å². The number of fused-ring (bicyclic) bond motifs is 1. The number of methoxy groups -OCH3 is 1. The Hall–Kier alpha value is -2.80. The lowest BCUT2D eigenvalue weighted by atomic mass is 9.75. The molecule has 180 valence electrons.